The average Bonchev–Trinajstić information content (AvgIpc) is 3.33. The molecular formula is C20H21N5O. The number of para-hydroxylation sites is 1. The molecule has 0 radical (unpaired) electrons. The molecule has 132 valence electrons. The van der Waals surface area contributed by atoms with E-state index in [1.807, 2.05) is 31.3 Å². The van der Waals surface area contributed by atoms with Crippen molar-refractivity contribution >= 4 is 16.7 Å². The molecule has 1 fully saturated rings. The minimum atomic E-state index is 0.0189. The second-order valence-electron chi connectivity index (χ2n) is 7.18. The van der Waals surface area contributed by atoms with Crippen molar-refractivity contribution in [2.24, 2.45) is 7.05 Å². The van der Waals surface area contributed by atoms with E-state index < -0.39 is 0 Å². The summed E-state index contributed by atoms with van der Waals surface area (Å²) in [6.45, 7) is 0.941. The summed E-state index contributed by atoms with van der Waals surface area (Å²) in [4.78, 5) is 29.1. The number of hydrogen-bond acceptors (Lipinski definition) is 5. The van der Waals surface area contributed by atoms with Crippen LogP contribution in [0.5, 0.6) is 0 Å². The van der Waals surface area contributed by atoms with Gasteiger partial charge in [-0.15, -0.1) is 0 Å². The molecule has 0 spiro atoms. The molecular weight excluding hydrogens is 326 g/mol. The van der Waals surface area contributed by atoms with Crippen LogP contribution in [0.2, 0.25) is 0 Å². The van der Waals surface area contributed by atoms with Crippen LogP contribution in [0.4, 0.5) is 5.82 Å². The van der Waals surface area contributed by atoms with Crippen molar-refractivity contribution in [3.63, 3.8) is 0 Å². The van der Waals surface area contributed by atoms with Crippen LogP contribution < -0.4 is 10.5 Å². The van der Waals surface area contributed by atoms with Gasteiger partial charge in [0.2, 0.25) is 0 Å². The van der Waals surface area contributed by atoms with E-state index in [1.165, 1.54) is 11.3 Å². The lowest BCUT2D eigenvalue weighted by atomic mass is 10.1. The van der Waals surface area contributed by atoms with E-state index in [0.29, 0.717) is 5.39 Å². The molecule has 1 unspecified atom stereocenters. The highest BCUT2D eigenvalue weighted by Crippen LogP contribution is 2.38. The molecule has 2 aliphatic rings. The molecule has 2 aromatic heterocycles. The minimum absolute atomic E-state index is 0.0189. The van der Waals surface area contributed by atoms with Crippen LogP contribution in [0, 0.1) is 0 Å². The van der Waals surface area contributed by atoms with Gasteiger partial charge in [0, 0.05) is 24.8 Å². The number of fused-ring (bicyclic) bond motifs is 2. The molecule has 0 bridgehead atoms. The fraction of sp³-hybridized carbons (Fsp3) is 0.400. The summed E-state index contributed by atoms with van der Waals surface area (Å²) < 4.78 is 1.72. The van der Waals surface area contributed by atoms with Gasteiger partial charge in [0.1, 0.15) is 18.0 Å². The summed E-state index contributed by atoms with van der Waals surface area (Å²) in [7, 11) is 1.83. The molecule has 6 nitrogen and oxygen atoms in total. The Hall–Kier alpha value is -2.76. The van der Waals surface area contributed by atoms with Crippen LogP contribution in [-0.4, -0.2) is 26.1 Å². The summed E-state index contributed by atoms with van der Waals surface area (Å²) in [5.41, 5.74) is 3.25. The molecule has 1 aliphatic heterocycles. The van der Waals surface area contributed by atoms with E-state index in [9.17, 15) is 4.79 Å². The summed E-state index contributed by atoms with van der Waals surface area (Å²) in [6.07, 6.45) is 6.96. The molecule has 1 saturated heterocycles. The predicted octanol–water partition coefficient (Wildman–Crippen LogP) is 2.55. The Morgan fingerprint density at radius 3 is 2.92 bits per heavy atom. The Bertz CT molecular complexity index is 1060. The first-order valence-electron chi connectivity index (χ1n) is 9.29. The maximum absolute atomic E-state index is 12.8. The van der Waals surface area contributed by atoms with E-state index in [4.69, 9.17) is 4.98 Å². The minimum Gasteiger partial charge on any atom is -0.346 e. The van der Waals surface area contributed by atoms with Crippen molar-refractivity contribution in [3.05, 3.63) is 58.0 Å². The standard InChI is InChI=1S/C20H21N5O/c1-24-19(23-16-8-3-2-6-14(16)20(24)26)17-10-5-11-25(17)18-13-7-4-9-15(13)21-12-22-18/h2-3,6,8,12,17H,4-5,7,9-11H2,1H3. The van der Waals surface area contributed by atoms with E-state index in [2.05, 4.69) is 14.9 Å². The zero-order valence-electron chi connectivity index (χ0n) is 14.9. The summed E-state index contributed by atoms with van der Waals surface area (Å²) >= 11 is 0. The Morgan fingerprint density at radius 2 is 2.00 bits per heavy atom. The average molecular weight is 347 g/mol. The maximum Gasteiger partial charge on any atom is 0.261 e. The number of benzene rings is 1. The fourth-order valence-electron chi connectivity index (χ4n) is 4.41. The predicted molar refractivity (Wildman–Crippen MR) is 100 cm³/mol. The van der Waals surface area contributed by atoms with E-state index in [-0.39, 0.29) is 11.6 Å². The van der Waals surface area contributed by atoms with Crippen LogP contribution in [0.1, 0.15) is 42.4 Å². The highest BCUT2D eigenvalue weighted by molar-refractivity contribution is 5.77. The van der Waals surface area contributed by atoms with Crippen LogP contribution in [0.15, 0.2) is 35.4 Å². The van der Waals surface area contributed by atoms with Crippen molar-refractivity contribution in [2.75, 3.05) is 11.4 Å². The van der Waals surface area contributed by atoms with E-state index in [1.54, 1.807) is 10.9 Å². The van der Waals surface area contributed by atoms with Crippen molar-refractivity contribution in [2.45, 2.75) is 38.1 Å². The van der Waals surface area contributed by atoms with E-state index >= 15 is 0 Å². The summed E-state index contributed by atoms with van der Waals surface area (Å²) in [5, 5.41) is 0.672. The van der Waals surface area contributed by atoms with Gasteiger partial charge >= 0.3 is 0 Å². The molecule has 5 rings (SSSR count). The van der Waals surface area contributed by atoms with Crippen LogP contribution in [0.25, 0.3) is 10.9 Å². The molecule has 0 N–H and O–H groups in total. The lowest BCUT2D eigenvalue weighted by Gasteiger charge is -2.28. The SMILES string of the molecule is Cn1c(C2CCCN2c2ncnc3c2CCC3)nc2ccccc2c1=O. The molecule has 3 aromatic rings. The lowest BCUT2D eigenvalue weighted by molar-refractivity contribution is 0.605. The number of rotatable bonds is 2. The Labute approximate surface area is 151 Å². The highest BCUT2D eigenvalue weighted by atomic mass is 16.1. The highest BCUT2D eigenvalue weighted by Gasteiger charge is 2.33. The molecule has 1 aliphatic carbocycles. The number of aromatic nitrogens is 4. The summed E-state index contributed by atoms with van der Waals surface area (Å²) in [5.74, 6) is 1.87. The van der Waals surface area contributed by atoms with Gasteiger partial charge in [-0.3, -0.25) is 9.36 Å². The Morgan fingerprint density at radius 1 is 1.12 bits per heavy atom. The smallest absolute Gasteiger partial charge is 0.261 e. The van der Waals surface area contributed by atoms with Gasteiger partial charge in [-0.05, 0) is 44.2 Å². The van der Waals surface area contributed by atoms with Crippen molar-refractivity contribution < 1.29 is 0 Å². The first-order chi connectivity index (χ1) is 12.7. The number of hydrogen-bond donors (Lipinski definition) is 0. The third-order valence-corrected chi connectivity index (χ3v) is 5.69. The molecule has 1 aromatic carbocycles. The first-order valence-corrected chi connectivity index (χ1v) is 9.29. The molecule has 3 heterocycles. The van der Waals surface area contributed by atoms with Gasteiger partial charge < -0.3 is 4.90 Å². The zero-order chi connectivity index (χ0) is 17.7. The van der Waals surface area contributed by atoms with Crippen LogP contribution in [0.3, 0.4) is 0 Å². The van der Waals surface area contributed by atoms with Crippen LogP contribution in [-0.2, 0) is 19.9 Å². The fourth-order valence-corrected chi connectivity index (χ4v) is 4.41. The Balaban J connectivity index is 1.64. The van der Waals surface area contributed by atoms with Crippen molar-refractivity contribution in [3.8, 4) is 0 Å². The molecule has 0 saturated carbocycles. The normalized spacial score (nSPS) is 19.3. The van der Waals surface area contributed by atoms with Gasteiger partial charge in [-0.2, -0.15) is 0 Å². The molecule has 6 heteroatoms. The van der Waals surface area contributed by atoms with Gasteiger partial charge in [-0.25, -0.2) is 15.0 Å². The topological polar surface area (TPSA) is 63.9 Å². The number of aryl methyl sites for hydroxylation is 1. The van der Waals surface area contributed by atoms with E-state index in [0.717, 1.165) is 55.8 Å². The van der Waals surface area contributed by atoms with Crippen LogP contribution >= 0.6 is 0 Å². The largest absolute Gasteiger partial charge is 0.346 e. The number of nitrogens with zero attached hydrogens (tertiary/aromatic N) is 5. The van der Waals surface area contributed by atoms with Gasteiger partial charge in [0.05, 0.1) is 16.9 Å². The molecule has 1 atom stereocenters. The number of anilines is 1. The second-order valence-corrected chi connectivity index (χ2v) is 7.18. The lowest BCUT2D eigenvalue weighted by Crippen LogP contribution is -2.31. The molecule has 0 amide bonds. The third kappa shape index (κ3) is 2.25. The quantitative estimate of drug-likeness (QED) is 0.713. The molecule has 26 heavy (non-hydrogen) atoms. The Kier molecular flexibility index (Phi) is 3.51. The third-order valence-electron chi connectivity index (χ3n) is 5.69. The maximum atomic E-state index is 12.8. The van der Waals surface area contributed by atoms with Gasteiger partial charge in [0.25, 0.3) is 5.56 Å². The van der Waals surface area contributed by atoms with Gasteiger partial charge in [-0.1, -0.05) is 12.1 Å². The monoisotopic (exact) mass is 347 g/mol. The first kappa shape index (κ1) is 15.5. The second kappa shape index (κ2) is 5.90. The summed E-state index contributed by atoms with van der Waals surface area (Å²) in [6, 6.07) is 7.66. The zero-order valence-corrected chi connectivity index (χ0v) is 14.9. The van der Waals surface area contributed by atoms with Gasteiger partial charge in [0.15, 0.2) is 0 Å². The van der Waals surface area contributed by atoms with Crippen molar-refractivity contribution in [1.29, 1.82) is 0 Å². The van der Waals surface area contributed by atoms with Crippen molar-refractivity contribution in [1.82, 2.24) is 19.5 Å².